The third-order valence-corrected chi connectivity index (χ3v) is 2.13. The summed E-state index contributed by atoms with van der Waals surface area (Å²) in [7, 11) is 3.45. The van der Waals surface area contributed by atoms with Crippen LogP contribution in [0, 0.1) is 17.1 Å². The number of halogens is 2. The highest BCUT2D eigenvalue weighted by molar-refractivity contribution is 6.30. The van der Waals surface area contributed by atoms with Crippen molar-refractivity contribution in [3.8, 4) is 6.07 Å². The van der Waals surface area contributed by atoms with Gasteiger partial charge in [-0.1, -0.05) is 17.7 Å². The summed E-state index contributed by atoms with van der Waals surface area (Å²) in [5.41, 5.74) is 0.349. The molecule has 1 unspecified atom stereocenters. The third-order valence-electron chi connectivity index (χ3n) is 1.90. The first kappa shape index (κ1) is 11.0. The summed E-state index contributed by atoms with van der Waals surface area (Å²) in [5, 5.41) is 9.19. The van der Waals surface area contributed by atoms with Gasteiger partial charge in [-0.05, 0) is 26.2 Å². The molecular weight excluding hydrogens is 203 g/mol. The summed E-state index contributed by atoms with van der Waals surface area (Å²) in [6.45, 7) is 0. The van der Waals surface area contributed by atoms with E-state index < -0.39 is 11.9 Å². The van der Waals surface area contributed by atoms with Gasteiger partial charge in [0, 0.05) is 10.6 Å². The van der Waals surface area contributed by atoms with Crippen LogP contribution >= 0.6 is 11.6 Å². The van der Waals surface area contributed by atoms with Crippen molar-refractivity contribution in [3.05, 3.63) is 34.6 Å². The first-order valence-corrected chi connectivity index (χ1v) is 4.45. The number of benzene rings is 1. The van der Waals surface area contributed by atoms with Crippen molar-refractivity contribution in [1.82, 2.24) is 4.90 Å². The van der Waals surface area contributed by atoms with Crippen LogP contribution in [-0.4, -0.2) is 19.0 Å². The SMILES string of the molecule is CN(C)C(C#N)c1ccc(Cl)cc1F. The topological polar surface area (TPSA) is 27.0 Å². The van der Waals surface area contributed by atoms with E-state index in [1.807, 2.05) is 6.07 Å². The highest BCUT2D eigenvalue weighted by Gasteiger charge is 2.17. The van der Waals surface area contributed by atoms with Crippen LogP contribution in [0.15, 0.2) is 18.2 Å². The summed E-state index contributed by atoms with van der Waals surface area (Å²) in [6, 6.07) is 5.77. The number of hydrogen-bond acceptors (Lipinski definition) is 2. The molecule has 0 heterocycles. The van der Waals surface area contributed by atoms with Crippen molar-refractivity contribution in [1.29, 1.82) is 5.26 Å². The monoisotopic (exact) mass is 212 g/mol. The quantitative estimate of drug-likeness (QED) is 0.754. The van der Waals surface area contributed by atoms with Crippen LogP contribution in [-0.2, 0) is 0 Å². The fraction of sp³-hybridized carbons (Fsp3) is 0.300. The van der Waals surface area contributed by atoms with Crippen molar-refractivity contribution in [2.24, 2.45) is 0 Å². The Bertz CT molecular complexity index is 371. The molecule has 2 nitrogen and oxygen atoms in total. The Kier molecular flexibility index (Phi) is 3.45. The largest absolute Gasteiger partial charge is 0.290 e. The van der Waals surface area contributed by atoms with E-state index >= 15 is 0 Å². The average molecular weight is 213 g/mol. The van der Waals surface area contributed by atoms with E-state index in [0.29, 0.717) is 10.6 Å². The molecule has 0 radical (unpaired) electrons. The Labute approximate surface area is 87.5 Å². The summed E-state index contributed by atoms with van der Waals surface area (Å²) >= 11 is 5.61. The van der Waals surface area contributed by atoms with Gasteiger partial charge in [0.05, 0.1) is 6.07 Å². The Hall–Kier alpha value is -1.11. The van der Waals surface area contributed by atoms with Gasteiger partial charge in [0.25, 0.3) is 0 Å². The first-order chi connectivity index (χ1) is 6.56. The first-order valence-electron chi connectivity index (χ1n) is 4.07. The van der Waals surface area contributed by atoms with Crippen LogP contribution in [0.4, 0.5) is 4.39 Å². The lowest BCUT2D eigenvalue weighted by molar-refractivity contribution is 0.349. The molecule has 0 aliphatic rings. The van der Waals surface area contributed by atoms with Crippen molar-refractivity contribution >= 4 is 11.6 Å². The maximum absolute atomic E-state index is 13.4. The molecule has 0 saturated heterocycles. The van der Waals surface area contributed by atoms with E-state index in [1.165, 1.54) is 12.1 Å². The summed E-state index contributed by atoms with van der Waals surface area (Å²) in [6.07, 6.45) is 0. The standard InChI is InChI=1S/C10H10ClFN2/c1-14(2)10(6-13)8-4-3-7(11)5-9(8)12/h3-5,10H,1-2H3. The number of rotatable bonds is 2. The minimum atomic E-state index is -0.577. The minimum absolute atomic E-state index is 0.335. The molecule has 74 valence electrons. The molecule has 0 bridgehead atoms. The third kappa shape index (κ3) is 2.22. The van der Waals surface area contributed by atoms with Crippen LogP contribution in [0.2, 0.25) is 5.02 Å². The Morgan fingerprint density at radius 1 is 1.50 bits per heavy atom. The zero-order chi connectivity index (χ0) is 10.7. The molecule has 0 aliphatic heterocycles. The molecule has 1 atom stereocenters. The molecule has 0 aliphatic carbocycles. The van der Waals surface area contributed by atoms with Crippen LogP contribution in [0.1, 0.15) is 11.6 Å². The van der Waals surface area contributed by atoms with Gasteiger partial charge in [-0.3, -0.25) is 4.90 Å². The summed E-state index contributed by atoms with van der Waals surface area (Å²) < 4.78 is 13.4. The maximum atomic E-state index is 13.4. The fourth-order valence-corrected chi connectivity index (χ4v) is 1.35. The summed E-state index contributed by atoms with van der Waals surface area (Å²) in [4.78, 5) is 1.65. The van der Waals surface area contributed by atoms with Crippen LogP contribution < -0.4 is 0 Å². The number of nitrogens with zero attached hydrogens (tertiary/aromatic N) is 2. The molecule has 14 heavy (non-hydrogen) atoms. The molecule has 0 aromatic heterocycles. The van der Waals surface area contributed by atoms with E-state index in [4.69, 9.17) is 16.9 Å². The van der Waals surface area contributed by atoms with Crippen LogP contribution in [0.5, 0.6) is 0 Å². The lowest BCUT2D eigenvalue weighted by Gasteiger charge is -2.17. The molecule has 0 fully saturated rings. The second kappa shape index (κ2) is 4.41. The van der Waals surface area contributed by atoms with Gasteiger partial charge in [0.1, 0.15) is 11.9 Å². The highest BCUT2D eigenvalue weighted by Crippen LogP contribution is 2.23. The fourth-order valence-electron chi connectivity index (χ4n) is 1.19. The Balaban J connectivity index is 3.13. The van der Waals surface area contributed by atoms with E-state index in [9.17, 15) is 4.39 Å². The predicted molar refractivity (Wildman–Crippen MR) is 53.5 cm³/mol. The van der Waals surface area contributed by atoms with Crippen molar-refractivity contribution in [2.45, 2.75) is 6.04 Å². The van der Waals surface area contributed by atoms with E-state index in [2.05, 4.69) is 0 Å². The van der Waals surface area contributed by atoms with Gasteiger partial charge in [-0.2, -0.15) is 5.26 Å². The van der Waals surface area contributed by atoms with E-state index in [-0.39, 0.29) is 0 Å². The van der Waals surface area contributed by atoms with Gasteiger partial charge >= 0.3 is 0 Å². The Morgan fingerprint density at radius 3 is 2.57 bits per heavy atom. The molecule has 0 amide bonds. The van der Waals surface area contributed by atoms with Gasteiger partial charge in [0.2, 0.25) is 0 Å². The molecule has 0 N–H and O–H groups in total. The molecular formula is C10H10ClFN2. The summed E-state index contributed by atoms with van der Waals surface area (Å²) in [5.74, 6) is -0.447. The molecule has 1 aromatic carbocycles. The van der Waals surface area contributed by atoms with Crippen molar-refractivity contribution in [2.75, 3.05) is 14.1 Å². The second-order valence-corrected chi connectivity index (χ2v) is 3.60. The smallest absolute Gasteiger partial charge is 0.130 e. The maximum Gasteiger partial charge on any atom is 0.130 e. The van der Waals surface area contributed by atoms with Gasteiger partial charge in [-0.15, -0.1) is 0 Å². The lowest BCUT2D eigenvalue weighted by Crippen LogP contribution is -2.19. The zero-order valence-electron chi connectivity index (χ0n) is 7.96. The molecule has 0 spiro atoms. The second-order valence-electron chi connectivity index (χ2n) is 3.16. The van der Waals surface area contributed by atoms with Crippen molar-refractivity contribution in [3.63, 3.8) is 0 Å². The minimum Gasteiger partial charge on any atom is -0.290 e. The van der Waals surface area contributed by atoms with Crippen LogP contribution in [0.3, 0.4) is 0 Å². The number of hydrogen-bond donors (Lipinski definition) is 0. The lowest BCUT2D eigenvalue weighted by atomic mass is 10.1. The average Bonchev–Trinajstić information content (AvgIpc) is 2.09. The molecule has 1 aromatic rings. The van der Waals surface area contributed by atoms with E-state index in [0.717, 1.165) is 0 Å². The van der Waals surface area contributed by atoms with E-state index in [1.54, 1.807) is 25.1 Å². The highest BCUT2D eigenvalue weighted by atomic mass is 35.5. The zero-order valence-corrected chi connectivity index (χ0v) is 8.72. The number of nitriles is 1. The van der Waals surface area contributed by atoms with Crippen LogP contribution in [0.25, 0.3) is 0 Å². The molecule has 4 heteroatoms. The van der Waals surface area contributed by atoms with Gasteiger partial charge < -0.3 is 0 Å². The van der Waals surface area contributed by atoms with Gasteiger partial charge in [-0.25, -0.2) is 4.39 Å². The van der Waals surface area contributed by atoms with Crippen molar-refractivity contribution < 1.29 is 4.39 Å². The molecule has 0 saturated carbocycles. The Morgan fingerprint density at radius 2 is 2.14 bits per heavy atom. The molecule has 1 rings (SSSR count). The van der Waals surface area contributed by atoms with Gasteiger partial charge in [0.15, 0.2) is 0 Å². The normalized spacial score (nSPS) is 12.6. The predicted octanol–water partition coefficient (Wildman–Crippen LogP) is 2.61.